The van der Waals surface area contributed by atoms with E-state index in [0.717, 1.165) is 5.56 Å². The van der Waals surface area contributed by atoms with Gasteiger partial charge in [0, 0.05) is 11.6 Å². The first-order valence-electron chi connectivity index (χ1n) is 7.58. The van der Waals surface area contributed by atoms with E-state index in [1.165, 1.54) is 0 Å². The lowest BCUT2D eigenvalue weighted by molar-refractivity contribution is 0.00578. The van der Waals surface area contributed by atoms with Crippen molar-refractivity contribution >= 4 is 7.12 Å². The molecule has 2 rings (SSSR count). The molecule has 1 aliphatic heterocycles. The van der Waals surface area contributed by atoms with Gasteiger partial charge in [-0.1, -0.05) is 0 Å². The van der Waals surface area contributed by atoms with Crippen molar-refractivity contribution in [2.45, 2.75) is 44.8 Å². The fourth-order valence-corrected chi connectivity index (χ4v) is 2.50. The first-order valence-corrected chi connectivity index (χ1v) is 7.58. The van der Waals surface area contributed by atoms with E-state index in [-0.39, 0.29) is 0 Å². The molecule has 0 saturated carbocycles. The quantitative estimate of drug-likeness (QED) is 0.839. The van der Waals surface area contributed by atoms with Gasteiger partial charge in [0.25, 0.3) is 0 Å². The van der Waals surface area contributed by atoms with E-state index in [4.69, 9.17) is 29.3 Å². The summed E-state index contributed by atoms with van der Waals surface area (Å²) in [5.41, 5.74) is 6.26. The van der Waals surface area contributed by atoms with E-state index in [2.05, 4.69) is 0 Å². The number of rotatable bonds is 5. The zero-order valence-corrected chi connectivity index (χ0v) is 14.9. The van der Waals surface area contributed by atoms with Crippen LogP contribution < -0.4 is 19.9 Å². The topological polar surface area (TPSA) is 72.2 Å². The van der Waals surface area contributed by atoms with Gasteiger partial charge in [-0.2, -0.15) is 0 Å². The molecular formula is C16H26BNO5. The molecule has 2 N–H and O–H groups in total. The predicted molar refractivity (Wildman–Crippen MR) is 89.1 cm³/mol. The number of ether oxygens (including phenoxy) is 3. The molecule has 1 aliphatic rings. The molecule has 6 nitrogen and oxygen atoms in total. The van der Waals surface area contributed by atoms with Crippen LogP contribution in [0.5, 0.6) is 17.2 Å². The van der Waals surface area contributed by atoms with Gasteiger partial charge in [0.1, 0.15) is 5.75 Å². The summed E-state index contributed by atoms with van der Waals surface area (Å²) in [6.07, 6.45) is 0. The van der Waals surface area contributed by atoms with Crippen molar-refractivity contribution in [3.8, 4) is 17.2 Å². The highest BCUT2D eigenvalue weighted by atomic mass is 16.7. The SMILES string of the molecule is COc1cc(OC)c([C@H](N)B2OC(C)(C)C(C)(C)O2)cc1OC. The van der Waals surface area contributed by atoms with E-state index in [1.54, 1.807) is 33.5 Å². The van der Waals surface area contributed by atoms with Crippen LogP contribution in [0.1, 0.15) is 39.2 Å². The molecule has 1 fully saturated rings. The van der Waals surface area contributed by atoms with Gasteiger partial charge >= 0.3 is 7.12 Å². The molecule has 23 heavy (non-hydrogen) atoms. The van der Waals surface area contributed by atoms with Crippen LogP contribution in [0.15, 0.2) is 12.1 Å². The van der Waals surface area contributed by atoms with Crippen molar-refractivity contribution < 1.29 is 23.5 Å². The van der Waals surface area contributed by atoms with Crippen LogP contribution in [0.3, 0.4) is 0 Å². The molecule has 1 atom stereocenters. The highest BCUT2D eigenvalue weighted by molar-refractivity contribution is 6.47. The predicted octanol–water partition coefficient (Wildman–Crippen LogP) is 2.34. The maximum absolute atomic E-state index is 6.41. The summed E-state index contributed by atoms with van der Waals surface area (Å²) in [4.78, 5) is 0. The van der Waals surface area contributed by atoms with Gasteiger partial charge in [-0.3, -0.25) is 0 Å². The maximum Gasteiger partial charge on any atom is 0.480 e. The van der Waals surface area contributed by atoms with Crippen LogP contribution >= 0.6 is 0 Å². The van der Waals surface area contributed by atoms with Gasteiger partial charge in [0.15, 0.2) is 11.5 Å². The zero-order chi connectivity index (χ0) is 17.4. The Labute approximate surface area is 138 Å². The molecule has 1 aromatic rings. The van der Waals surface area contributed by atoms with Gasteiger partial charge < -0.3 is 29.3 Å². The second kappa shape index (κ2) is 6.22. The fourth-order valence-electron chi connectivity index (χ4n) is 2.50. The molecule has 128 valence electrons. The Balaban J connectivity index is 2.38. The summed E-state index contributed by atoms with van der Waals surface area (Å²) in [6.45, 7) is 7.97. The van der Waals surface area contributed by atoms with Crippen LogP contribution in [0.4, 0.5) is 0 Å². The molecule has 1 aromatic carbocycles. The number of methoxy groups -OCH3 is 3. The molecule has 0 aromatic heterocycles. The summed E-state index contributed by atoms with van der Waals surface area (Å²) in [5, 5.41) is 0. The molecule has 0 unspecified atom stereocenters. The minimum Gasteiger partial charge on any atom is -0.496 e. The smallest absolute Gasteiger partial charge is 0.480 e. The number of nitrogens with two attached hydrogens (primary N) is 1. The molecule has 0 aliphatic carbocycles. The molecule has 0 radical (unpaired) electrons. The van der Waals surface area contributed by atoms with Gasteiger partial charge in [-0.15, -0.1) is 0 Å². The normalized spacial score (nSPS) is 20.3. The fraction of sp³-hybridized carbons (Fsp3) is 0.625. The van der Waals surface area contributed by atoms with Crippen LogP contribution in [0, 0.1) is 0 Å². The van der Waals surface area contributed by atoms with Crippen LogP contribution in [0.25, 0.3) is 0 Å². The van der Waals surface area contributed by atoms with Crippen molar-refractivity contribution in [2.75, 3.05) is 21.3 Å². The standard InChI is InChI=1S/C16H26BNO5/c1-15(2)16(3,4)23-17(22-15)14(18)10-8-12(20-6)13(21-7)9-11(10)19-5/h8-9,14H,18H2,1-7H3/t14-/m0/s1. The number of hydrogen-bond acceptors (Lipinski definition) is 6. The Morgan fingerprint density at radius 2 is 1.30 bits per heavy atom. The summed E-state index contributed by atoms with van der Waals surface area (Å²) in [5.74, 6) is 1.24. The highest BCUT2D eigenvalue weighted by Gasteiger charge is 2.53. The van der Waals surface area contributed by atoms with Crippen LogP contribution in [-0.4, -0.2) is 39.6 Å². The second-order valence-corrected chi connectivity index (χ2v) is 6.60. The average molecular weight is 323 g/mol. The van der Waals surface area contributed by atoms with Crippen molar-refractivity contribution in [2.24, 2.45) is 5.73 Å². The average Bonchev–Trinajstić information content (AvgIpc) is 2.73. The molecule has 0 bridgehead atoms. The Hall–Kier alpha value is -1.44. The van der Waals surface area contributed by atoms with E-state index < -0.39 is 24.3 Å². The third kappa shape index (κ3) is 3.13. The van der Waals surface area contributed by atoms with Gasteiger partial charge in [0.05, 0.1) is 38.5 Å². The number of hydrogen-bond donors (Lipinski definition) is 1. The summed E-state index contributed by atoms with van der Waals surface area (Å²) in [6, 6.07) is 3.55. The first kappa shape index (κ1) is 17.9. The third-order valence-electron chi connectivity index (χ3n) is 4.66. The van der Waals surface area contributed by atoms with E-state index in [0.29, 0.717) is 17.2 Å². The van der Waals surface area contributed by atoms with E-state index >= 15 is 0 Å². The number of benzene rings is 1. The zero-order valence-electron chi connectivity index (χ0n) is 14.9. The molecular weight excluding hydrogens is 297 g/mol. The lowest BCUT2D eigenvalue weighted by Crippen LogP contribution is -2.41. The van der Waals surface area contributed by atoms with Gasteiger partial charge in [-0.25, -0.2) is 0 Å². The van der Waals surface area contributed by atoms with Gasteiger partial charge in [0.2, 0.25) is 0 Å². The lowest BCUT2D eigenvalue weighted by Gasteiger charge is -2.32. The summed E-state index contributed by atoms with van der Waals surface area (Å²) in [7, 11) is 4.16. The van der Waals surface area contributed by atoms with E-state index in [9.17, 15) is 0 Å². The largest absolute Gasteiger partial charge is 0.496 e. The first-order chi connectivity index (χ1) is 10.7. The minimum absolute atomic E-state index is 0.445. The summed E-state index contributed by atoms with van der Waals surface area (Å²) >= 11 is 0. The lowest BCUT2D eigenvalue weighted by atomic mass is 9.74. The molecule has 1 saturated heterocycles. The molecule has 0 spiro atoms. The third-order valence-corrected chi connectivity index (χ3v) is 4.66. The van der Waals surface area contributed by atoms with Crippen LogP contribution in [0.2, 0.25) is 0 Å². The van der Waals surface area contributed by atoms with Crippen molar-refractivity contribution in [3.05, 3.63) is 17.7 Å². The second-order valence-electron chi connectivity index (χ2n) is 6.60. The highest BCUT2D eigenvalue weighted by Crippen LogP contribution is 2.43. The van der Waals surface area contributed by atoms with Gasteiger partial charge in [-0.05, 0) is 33.8 Å². The maximum atomic E-state index is 6.41. The summed E-state index contributed by atoms with van der Waals surface area (Å²) < 4.78 is 28.2. The van der Waals surface area contributed by atoms with Crippen LogP contribution in [-0.2, 0) is 9.31 Å². The Morgan fingerprint density at radius 1 is 0.870 bits per heavy atom. The van der Waals surface area contributed by atoms with Crippen molar-refractivity contribution in [3.63, 3.8) is 0 Å². The molecule has 1 heterocycles. The monoisotopic (exact) mass is 323 g/mol. The minimum atomic E-state index is -0.577. The Bertz CT molecular complexity index is 560. The Morgan fingerprint density at radius 3 is 1.74 bits per heavy atom. The van der Waals surface area contributed by atoms with Crippen molar-refractivity contribution in [1.29, 1.82) is 0 Å². The molecule has 0 amide bonds. The van der Waals surface area contributed by atoms with E-state index in [1.807, 2.05) is 27.7 Å². The van der Waals surface area contributed by atoms with Crippen molar-refractivity contribution in [1.82, 2.24) is 0 Å². The Kier molecular flexibility index (Phi) is 4.85. The molecule has 7 heteroatoms.